The number of rotatable bonds is 5. The van der Waals surface area contributed by atoms with Crippen LogP contribution in [0.5, 0.6) is 0 Å². The normalized spacial score (nSPS) is 11.1. The smallest absolute Gasteiger partial charge is 0.412 e. The van der Waals surface area contributed by atoms with Gasteiger partial charge in [-0.15, -0.1) is 11.3 Å². The second-order valence-electron chi connectivity index (χ2n) is 6.17. The van der Waals surface area contributed by atoms with Crippen LogP contribution in [0, 0.1) is 6.92 Å². The number of nitrogens with zero attached hydrogens (tertiary/aromatic N) is 1. The zero-order valence-electron chi connectivity index (χ0n) is 14.8. The van der Waals surface area contributed by atoms with Crippen molar-refractivity contribution >= 4 is 34.3 Å². The average molecular weight is 356 g/mol. The molecule has 0 saturated heterocycles. The molecule has 134 valence electrons. The molecule has 0 spiro atoms. The van der Waals surface area contributed by atoms with Gasteiger partial charge in [-0.25, -0.2) is 9.59 Å². The van der Waals surface area contributed by atoms with E-state index in [1.54, 1.807) is 32.6 Å². The molecule has 7 nitrogen and oxygen atoms in total. The van der Waals surface area contributed by atoms with E-state index in [-0.39, 0.29) is 16.5 Å². The molecule has 0 aliphatic carbocycles. The van der Waals surface area contributed by atoms with Crippen LogP contribution in [0.4, 0.5) is 9.80 Å². The van der Waals surface area contributed by atoms with Gasteiger partial charge in [-0.1, -0.05) is 0 Å². The Balaban J connectivity index is 3.22. The molecule has 8 heteroatoms. The summed E-state index contributed by atoms with van der Waals surface area (Å²) in [7, 11) is 0. The Morgan fingerprint density at radius 3 is 2.17 bits per heavy atom. The topological polar surface area (TPSA) is 95.9 Å². The van der Waals surface area contributed by atoms with E-state index in [0.717, 1.165) is 11.3 Å². The summed E-state index contributed by atoms with van der Waals surface area (Å²) in [6, 6.07) is 0. The highest BCUT2D eigenvalue weighted by molar-refractivity contribution is 7.18. The van der Waals surface area contributed by atoms with Crippen LogP contribution in [0.25, 0.3) is 0 Å². The monoisotopic (exact) mass is 356 g/mol. The van der Waals surface area contributed by atoms with Crippen LogP contribution in [0.15, 0.2) is 0 Å². The second kappa shape index (κ2) is 7.65. The number of carboxylic acids is 1. The molecule has 2 N–H and O–H groups in total. The molecule has 0 unspecified atom stereocenters. The number of hydrogen-bond acceptors (Lipinski definition) is 5. The van der Waals surface area contributed by atoms with Crippen molar-refractivity contribution in [1.82, 2.24) is 4.90 Å². The maximum atomic E-state index is 12.5. The van der Waals surface area contributed by atoms with Gasteiger partial charge in [0, 0.05) is 13.1 Å². The Labute approximate surface area is 145 Å². The summed E-state index contributed by atoms with van der Waals surface area (Å²) < 4.78 is 5.14. The third-order valence-corrected chi connectivity index (χ3v) is 4.42. The lowest BCUT2D eigenvalue weighted by Crippen LogP contribution is -2.30. The first kappa shape index (κ1) is 20.0. The third-order valence-electron chi connectivity index (χ3n) is 3.22. The second-order valence-corrected chi connectivity index (χ2v) is 7.19. The zero-order valence-corrected chi connectivity index (χ0v) is 15.7. The van der Waals surface area contributed by atoms with Gasteiger partial charge in [-0.2, -0.15) is 0 Å². The molecule has 0 fully saturated rings. The molecule has 0 atom stereocenters. The Bertz CT molecular complexity index is 642. The standard InChI is InChI=1S/C16H24N2O5S/c1-7-18(8-2)13(19)11-9(3)10(14(20)21)12(24-11)17-15(22)23-16(4,5)6/h7-8H2,1-6H3,(H,17,22)(H,20,21). The number of amides is 2. The first-order chi connectivity index (χ1) is 11.0. The molecule has 24 heavy (non-hydrogen) atoms. The molecule has 1 heterocycles. The average Bonchev–Trinajstić information content (AvgIpc) is 2.74. The van der Waals surface area contributed by atoms with Crippen molar-refractivity contribution in [2.45, 2.75) is 47.1 Å². The van der Waals surface area contributed by atoms with Gasteiger partial charge in [0.1, 0.15) is 10.6 Å². The van der Waals surface area contributed by atoms with E-state index in [0.29, 0.717) is 23.5 Å². The van der Waals surface area contributed by atoms with Crippen molar-refractivity contribution in [3.8, 4) is 0 Å². The van der Waals surface area contributed by atoms with E-state index >= 15 is 0 Å². The minimum atomic E-state index is -1.20. The highest BCUT2D eigenvalue weighted by Gasteiger charge is 2.28. The Morgan fingerprint density at radius 1 is 1.21 bits per heavy atom. The number of aromatic carboxylic acids is 1. The first-order valence-corrected chi connectivity index (χ1v) is 8.49. The number of carboxylic acid groups (broad SMARTS) is 1. The van der Waals surface area contributed by atoms with Crippen LogP contribution in [0.2, 0.25) is 0 Å². The summed E-state index contributed by atoms with van der Waals surface area (Å²) >= 11 is 0.952. The van der Waals surface area contributed by atoms with Gasteiger partial charge in [-0.05, 0) is 47.1 Å². The molecular weight excluding hydrogens is 332 g/mol. The predicted octanol–water partition coefficient (Wildman–Crippen LogP) is 3.58. The molecule has 1 aromatic rings. The zero-order chi connectivity index (χ0) is 18.7. The number of carbonyl (C=O) groups is 3. The summed E-state index contributed by atoms with van der Waals surface area (Å²) in [5, 5.41) is 12.0. The van der Waals surface area contributed by atoms with Gasteiger partial charge in [0.15, 0.2) is 0 Å². The molecule has 0 bridgehead atoms. The molecule has 0 aliphatic heterocycles. The van der Waals surface area contributed by atoms with Crippen LogP contribution >= 0.6 is 11.3 Å². The van der Waals surface area contributed by atoms with E-state index in [9.17, 15) is 19.5 Å². The first-order valence-electron chi connectivity index (χ1n) is 7.67. The molecule has 1 aromatic heterocycles. The Kier molecular flexibility index (Phi) is 6.36. The van der Waals surface area contributed by atoms with Crippen molar-refractivity contribution < 1.29 is 24.2 Å². The summed E-state index contributed by atoms with van der Waals surface area (Å²) in [4.78, 5) is 37.9. The summed E-state index contributed by atoms with van der Waals surface area (Å²) in [6.07, 6.45) is -0.756. The number of ether oxygens (including phenoxy) is 1. The number of carbonyl (C=O) groups excluding carboxylic acids is 2. The van der Waals surface area contributed by atoms with Gasteiger partial charge in [0.05, 0.1) is 10.4 Å². The minimum Gasteiger partial charge on any atom is -0.478 e. The van der Waals surface area contributed by atoms with Crippen molar-refractivity contribution in [3.05, 3.63) is 16.0 Å². The largest absolute Gasteiger partial charge is 0.478 e. The SMILES string of the molecule is CCN(CC)C(=O)c1sc(NC(=O)OC(C)(C)C)c(C(=O)O)c1C. The van der Waals surface area contributed by atoms with Crippen molar-refractivity contribution in [2.24, 2.45) is 0 Å². The fraction of sp³-hybridized carbons (Fsp3) is 0.562. The van der Waals surface area contributed by atoms with E-state index in [4.69, 9.17) is 4.74 Å². The molecule has 1 rings (SSSR count). The van der Waals surface area contributed by atoms with E-state index in [1.165, 1.54) is 0 Å². The van der Waals surface area contributed by atoms with Crippen LogP contribution in [-0.2, 0) is 4.74 Å². The maximum Gasteiger partial charge on any atom is 0.412 e. The molecule has 2 amide bonds. The van der Waals surface area contributed by atoms with Gasteiger partial charge in [0.25, 0.3) is 5.91 Å². The lowest BCUT2D eigenvalue weighted by molar-refractivity contribution is 0.0635. The van der Waals surface area contributed by atoms with Gasteiger partial charge in [0.2, 0.25) is 0 Å². The van der Waals surface area contributed by atoms with Crippen LogP contribution in [0.3, 0.4) is 0 Å². The fourth-order valence-electron chi connectivity index (χ4n) is 2.11. The van der Waals surface area contributed by atoms with Crippen molar-refractivity contribution in [2.75, 3.05) is 18.4 Å². The number of nitrogens with one attached hydrogen (secondary N) is 1. The van der Waals surface area contributed by atoms with Crippen LogP contribution in [0.1, 0.15) is 60.2 Å². The predicted molar refractivity (Wildman–Crippen MR) is 93.1 cm³/mol. The molecule has 0 saturated carbocycles. The third kappa shape index (κ3) is 4.70. The highest BCUT2D eigenvalue weighted by atomic mass is 32.1. The fourth-order valence-corrected chi connectivity index (χ4v) is 3.27. The Hall–Kier alpha value is -2.09. The lowest BCUT2D eigenvalue weighted by Gasteiger charge is -2.19. The summed E-state index contributed by atoms with van der Waals surface area (Å²) in [5.41, 5.74) is -0.448. The Morgan fingerprint density at radius 2 is 1.75 bits per heavy atom. The van der Waals surface area contributed by atoms with Gasteiger partial charge in [-0.3, -0.25) is 10.1 Å². The quantitative estimate of drug-likeness (QED) is 0.840. The van der Waals surface area contributed by atoms with Crippen LogP contribution < -0.4 is 5.32 Å². The lowest BCUT2D eigenvalue weighted by atomic mass is 10.1. The van der Waals surface area contributed by atoms with Crippen LogP contribution in [-0.4, -0.2) is 46.7 Å². The minimum absolute atomic E-state index is 0.0821. The maximum absolute atomic E-state index is 12.5. The molecular formula is C16H24N2O5S. The molecule has 0 aromatic carbocycles. The number of thiophene rings is 1. The summed E-state index contributed by atoms with van der Waals surface area (Å²) in [6.45, 7) is 11.4. The molecule has 0 radical (unpaired) electrons. The van der Waals surface area contributed by atoms with E-state index in [1.807, 2.05) is 13.8 Å². The van der Waals surface area contributed by atoms with Crippen molar-refractivity contribution in [1.29, 1.82) is 0 Å². The number of hydrogen-bond donors (Lipinski definition) is 2. The van der Waals surface area contributed by atoms with E-state index in [2.05, 4.69) is 5.32 Å². The van der Waals surface area contributed by atoms with E-state index < -0.39 is 17.7 Å². The molecule has 0 aliphatic rings. The number of anilines is 1. The summed E-state index contributed by atoms with van der Waals surface area (Å²) in [5.74, 6) is -1.45. The van der Waals surface area contributed by atoms with Crippen molar-refractivity contribution in [3.63, 3.8) is 0 Å². The van der Waals surface area contributed by atoms with Gasteiger partial charge >= 0.3 is 12.1 Å². The van der Waals surface area contributed by atoms with Gasteiger partial charge < -0.3 is 14.7 Å². The highest BCUT2D eigenvalue weighted by Crippen LogP contribution is 2.34.